The number of halogens is 2. The van der Waals surface area contributed by atoms with Gasteiger partial charge < -0.3 is 29.2 Å². The molecule has 12 rings (SSSR count). The van der Waals surface area contributed by atoms with E-state index in [4.69, 9.17) is 42.6 Å². The molecule has 12 nitrogen and oxygen atoms in total. The number of fused-ring (bicyclic) bond motifs is 5. The highest BCUT2D eigenvalue weighted by Gasteiger charge is 2.62. The molecule has 2 saturated heterocycles. The topological polar surface area (TPSA) is 142 Å². The Morgan fingerprint density at radius 3 is 1.79 bits per heavy atom. The number of ether oxygens (including phenoxy) is 2. The number of methoxy groups -OCH3 is 2. The number of carbonyl (C=O) groups excluding carboxylic acids is 2. The van der Waals surface area contributed by atoms with E-state index >= 15 is 0 Å². The minimum atomic E-state index is -0.243. The summed E-state index contributed by atoms with van der Waals surface area (Å²) in [6.45, 7) is 4.39. The summed E-state index contributed by atoms with van der Waals surface area (Å²) in [6, 6.07) is 26.9. The van der Waals surface area contributed by atoms with Crippen LogP contribution in [0.2, 0.25) is 10.3 Å². The van der Waals surface area contributed by atoms with Gasteiger partial charge in [0.25, 0.3) is 11.8 Å². The van der Waals surface area contributed by atoms with E-state index in [1.165, 1.54) is 0 Å². The standard InChI is InChI=1S/C52H42Cl2N8O4/c1-25-34-19-39(61(47(25)34)51(63)45-32-7-5-9-41(65-3)36(32)21-43(53)59-45)49-55-23-31(57-49)16-12-27-11-13-29-18-30(15-14-28(29)17-27)38-24-56-50(58-38)40-20-35-26(2)48(35)62(40)52(64)46-33-8-6-10-42(66-4)37(33)22-44(54)60-46/h5-11,13-15,17-18,21-26,34-35,39-40,47-48H,19-20H2,1-4H3,(H,55,57)(H,56,58)/t25-,26-,34+,35+,39+,40+,47-,48-/m1/s1. The van der Waals surface area contributed by atoms with Crippen LogP contribution in [-0.2, 0) is 0 Å². The molecule has 2 N–H and O–H groups in total. The Hall–Kier alpha value is -6.94. The van der Waals surface area contributed by atoms with Crippen LogP contribution >= 0.6 is 23.2 Å². The van der Waals surface area contributed by atoms with Crippen LogP contribution in [0.3, 0.4) is 0 Å². The summed E-state index contributed by atoms with van der Waals surface area (Å²) >= 11 is 13.0. The zero-order chi connectivity index (χ0) is 45.1. The summed E-state index contributed by atoms with van der Waals surface area (Å²) in [7, 11) is 3.21. The number of benzene rings is 4. The number of pyridine rings is 2. The zero-order valence-electron chi connectivity index (χ0n) is 36.3. The average molecular weight is 914 g/mol. The number of imidazole rings is 2. The van der Waals surface area contributed by atoms with Crippen LogP contribution in [0.15, 0.2) is 97.3 Å². The molecule has 0 bridgehead atoms. The highest BCUT2D eigenvalue weighted by atomic mass is 35.5. The van der Waals surface area contributed by atoms with Crippen LogP contribution in [-0.4, -0.2) is 77.8 Å². The van der Waals surface area contributed by atoms with Crippen molar-refractivity contribution in [3.63, 3.8) is 0 Å². The van der Waals surface area contributed by atoms with Crippen molar-refractivity contribution >= 4 is 67.3 Å². The van der Waals surface area contributed by atoms with E-state index in [-0.39, 0.29) is 46.3 Å². The number of aromatic nitrogens is 6. The molecule has 6 heterocycles. The lowest BCUT2D eigenvalue weighted by Crippen LogP contribution is -2.36. The minimum absolute atomic E-state index is 0.102. The van der Waals surface area contributed by atoms with Crippen LogP contribution in [0, 0.1) is 35.5 Å². The van der Waals surface area contributed by atoms with Crippen molar-refractivity contribution in [1.29, 1.82) is 0 Å². The number of piperidine rings is 2. The van der Waals surface area contributed by atoms with Gasteiger partial charge in [0.05, 0.1) is 44.4 Å². The van der Waals surface area contributed by atoms with E-state index in [0.29, 0.717) is 68.8 Å². The second kappa shape index (κ2) is 15.3. The summed E-state index contributed by atoms with van der Waals surface area (Å²) in [6.07, 6.45) is 5.21. The van der Waals surface area contributed by atoms with Gasteiger partial charge >= 0.3 is 0 Å². The first kappa shape index (κ1) is 40.6. The zero-order valence-corrected chi connectivity index (χ0v) is 37.9. The Labute approximate surface area is 389 Å². The summed E-state index contributed by atoms with van der Waals surface area (Å²) in [5.41, 5.74) is 4.01. The Bertz CT molecular complexity index is 3410. The van der Waals surface area contributed by atoms with Gasteiger partial charge in [0.2, 0.25) is 0 Å². The van der Waals surface area contributed by atoms with Gasteiger partial charge in [-0.05, 0) is 95.7 Å². The minimum Gasteiger partial charge on any atom is -0.496 e. The van der Waals surface area contributed by atoms with E-state index in [1.807, 2.05) is 58.5 Å². The number of rotatable bonds is 7. The van der Waals surface area contributed by atoms with E-state index in [2.05, 4.69) is 76.0 Å². The van der Waals surface area contributed by atoms with Crippen LogP contribution < -0.4 is 9.47 Å². The van der Waals surface area contributed by atoms with Crippen molar-refractivity contribution in [2.24, 2.45) is 23.7 Å². The summed E-state index contributed by atoms with van der Waals surface area (Å²) in [5.74, 6) is 10.5. The molecule has 4 fully saturated rings. The van der Waals surface area contributed by atoms with Gasteiger partial charge in [0.1, 0.15) is 50.5 Å². The fourth-order valence-electron chi connectivity index (χ4n) is 11.1. The number of nitrogens with zero attached hydrogens (tertiary/aromatic N) is 6. The van der Waals surface area contributed by atoms with Gasteiger partial charge in [0.15, 0.2) is 0 Å². The number of hydrogen-bond acceptors (Lipinski definition) is 8. The number of likely N-dealkylation sites (tertiary alicyclic amines) is 2. The van der Waals surface area contributed by atoms with Crippen LogP contribution in [0.4, 0.5) is 0 Å². The van der Waals surface area contributed by atoms with Gasteiger partial charge in [-0.3, -0.25) is 9.59 Å². The van der Waals surface area contributed by atoms with E-state index < -0.39 is 0 Å². The first-order valence-corrected chi connectivity index (χ1v) is 22.9. The molecular formula is C52H42Cl2N8O4. The molecule has 0 unspecified atom stereocenters. The molecule has 2 saturated carbocycles. The molecule has 4 aromatic carbocycles. The number of hydrogen-bond donors (Lipinski definition) is 2. The maximum atomic E-state index is 14.5. The van der Waals surface area contributed by atoms with Crippen LogP contribution in [0.1, 0.15) is 82.7 Å². The van der Waals surface area contributed by atoms with E-state index in [0.717, 1.165) is 57.0 Å². The normalized spacial score (nSPS) is 23.7. The van der Waals surface area contributed by atoms with Gasteiger partial charge in [-0.1, -0.05) is 85.4 Å². The molecule has 66 heavy (non-hydrogen) atoms. The molecule has 4 aromatic heterocycles. The molecule has 14 heteroatoms. The smallest absolute Gasteiger partial charge is 0.274 e. The number of nitrogens with one attached hydrogen (secondary N) is 2. The highest BCUT2D eigenvalue weighted by Crippen LogP contribution is 2.59. The highest BCUT2D eigenvalue weighted by molar-refractivity contribution is 6.31. The molecule has 0 spiro atoms. The summed E-state index contributed by atoms with van der Waals surface area (Å²) in [5, 5.41) is 5.48. The Balaban J connectivity index is 0.769. The first-order chi connectivity index (χ1) is 32.1. The number of aromatic amines is 2. The predicted molar refractivity (Wildman–Crippen MR) is 253 cm³/mol. The molecule has 4 aliphatic rings. The maximum absolute atomic E-state index is 14.5. The Morgan fingerprint density at radius 1 is 0.652 bits per heavy atom. The third-order valence-electron chi connectivity index (χ3n) is 14.6. The lowest BCUT2D eigenvalue weighted by Gasteiger charge is -2.27. The second-order valence-corrected chi connectivity index (χ2v) is 18.8. The average Bonchev–Trinajstić information content (AvgIpc) is 3.78. The number of H-pyrrole nitrogens is 2. The molecular weight excluding hydrogens is 872 g/mol. The third kappa shape index (κ3) is 6.50. The third-order valence-corrected chi connectivity index (χ3v) is 15.0. The summed E-state index contributed by atoms with van der Waals surface area (Å²) in [4.78, 5) is 58.4. The molecule has 328 valence electrons. The second-order valence-electron chi connectivity index (χ2n) is 18.0. The van der Waals surface area contributed by atoms with Crippen LogP contribution in [0.5, 0.6) is 11.5 Å². The fourth-order valence-corrected chi connectivity index (χ4v) is 11.5. The largest absolute Gasteiger partial charge is 0.496 e. The lowest BCUT2D eigenvalue weighted by molar-refractivity contribution is 0.0667. The van der Waals surface area contributed by atoms with E-state index in [9.17, 15) is 9.59 Å². The molecule has 2 aliphatic carbocycles. The molecule has 2 aliphatic heterocycles. The summed E-state index contributed by atoms with van der Waals surface area (Å²) < 4.78 is 11.2. The Morgan fingerprint density at radius 2 is 1.20 bits per heavy atom. The lowest BCUT2D eigenvalue weighted by atomic mass is 10.0. The fraction of sp³-hybridized carbons (Fsp3) is 0.269. The van der Waals surface area contributed by atoms with Gasteiger partial charge in [-0.25, -0.2) is 19.9 Å². The van der Waals surface area contributed by atoms with Crippen molar-refractivity contribution in [3.05, 3.63) is 142 Å². The predicted octanol–water partition coefficient (Wildman–Crippen LogP) is 10.2. The number of amides is 2. The van der Waals surface area contributed by atoms with Crippen molar-refractivity contribution in [2.45, 2.75) is 50.9 Å². The van der Waals surface area contributed by atoms with Gasteiger partial charge in [-0.2, -0.15) is 0 Å². The quantitative estimate of drug-likeness (QED) is 0.119. The van der Waals surface area contributed by atoms with Gasteiger partial charge in [-0.15, -0.1) is 0 Å². The molecule has 0 radical (unpaired) electrons. The van der Waals surface area contributed by atoms with Crippen molar-refractivity contribution in [3.8, 4) is 34.6 Å². The Kier molecular flexibility index (Phi) is 9.42. The van der Waals surface area contributed by atoms with Crippen molar-refractivity contribution < 1.29 is 19.1 Å². The van der Waals surface area contributed by atoms with E-state index in [1.54, 1.807) is 32.5 Å². The molecule has 8 atom stereocenters. The molecule has 8 aromatic rings. The van der Waals surface area contributed by atoms with Crippen molar-refractivity contribution in [2.75, 3.05) is 14.2 Å². The SMILES string of the molecule is COc1cccc2c(C(=O)N3[C@@H]4[C@H](C)[C@@H]4C[C@H]3c3ncc(C#Cc4ccc5cc(-c6cnc([C@@H]7C[C@H]8[C@@H](C)[C@H]8N7C(=O)c7nc(Cl)cc8c(OC)cccc78)[nH]6)ccc5c4)[nH]3)nc(Cl)cc12. The first-order valence-electron chi connectivity index (χ1n) is 22.2. The maximum Gasteiger partial charge on any atom is 0.274 e. The molecule has 2 amide bonds. The number of carbonyl (C=O) groups is 2. The monoisotopic (exact) mass is 912 g/mol. The van der Waals surface area contributed by atoms with Crippen LogP contribution in [0.25, 0.3) is 43.6 Å². The van der Waals surface area contributed by atoms with Gasteiger partial charge in [0, 0.05) is 44.8 Å². The van der Waals surface area contributed by atoms with Crippen molar-refractivity contribution in [1.82, 2.24) is 39.7 Å².